The summed E-state index contributed by atoms with van der Waals surface area (Å²) in [7, 11) is 0. The first kappa shape index (κ1) is 16.2. The number of para-hydroxylation sites is 1. The fourth-order valence-corrected chi connectivity index (χ4v) is 2.97. The molecule has 0 saturated heterocycles. The minimum Gasteiger partial charge on any atom is -0.492 e. The van der Waals surface area contributed by atoms with Gasteiger partial charge in [-0.25, -0.2) is 4.39 Å². The Kier molecular flexibility index (Phi) is 4.65. The molecule has 0 aliphatic carbocycles. The molecule has 24 heavy (non-hydrogen) atoms. The molecule has 124 valence electrons. The lowest BCUT2D eigenvalue weighted by Crippen LogP contribution is -2.08. The number of nitrogens with zero attached hydrogens (tertiary/aromatic N) is 1. The molecule has 0 radical (unpaired) electrons. The number of carbonyl (C=O) groups excluding carboxylic acids is 1. The number of aryl methyl sites for hydroxylation is 1. The van der Waals surface area contributed by atoms with Crippen LogP contribution in [0.5, 0.6) is 5.75 Å². The summed E-state index contributed by atoms with van der Waals surface area (Å²) in [5.74, 6) is 0.416. The van der Waals surface area contributed by atoms with E-state index >= 15 is 0 Å². The Labute approximate surface area is 140 Å². The molecule has 0 amide bonds. The lowest BCUT2D eigenvalue weighted by atomic mass is 10.1. The normalized spacial score (nSPS) is 11.0. The van der Waals surface area contributed by atoms with Crippen molar-refractivity contribution in [1.29, 1.82) is 0 Å². The van der Waals surface area contributed by atoms with Gasteiger partial charge >= 0.3 is 0 Å². The molecule has 0 spiro atoms. The number of halogens is 1. The van der Waals surface area contributed by atoms with Gasteiger partial charge in [0.15, 0.2) is 5.78 Å². The molecule has 0 saturated carbocycles. The van der Waals surface area contributed by atoms with Gasteiger partial charge in [0.1, 0.15) is 18.2 Å². The summed E-state index contributed by atoms with van der Waals surface area (Å²) in [5.41, 5.74) is 3.04. The Morgan fingerprint density at radius 2 is 1.92 bits per heavy atom. The van der Waals surface area contributed by atoms with Crippen molar-refractivity contribution in [2.24, 2.45) is 0 Å². The van der Waals surface area contributed by atoms with Crippen LogP contribution in [0.15, 0.2) is 48.7 Å². The van der Waals surface area contributed by atoms with Crippen molar-refractivity contribution in [2.75, 3.05) is 6.61 Å². The number of ether oxygens (including phenoxy) is 1. The standard InChI is InChI=1S/C20H20FNO2/c1-3-15-5-4-6-18-19(14(2)23)13-22(20(15)18)11-12-24-17-9-7-16(21)8-10-17/h4-10,13H,3,11-12H2,1-2H3. The molecular weight excluding hydrogens is 305 g/mol. The van der Waals surface area contributed by atoms with Gasteiger partial charge in [-0.05, 0) is 43.2 Å². The Bertz CT molecular complexity index is 865. The Morgan fingerprint density at radius 1 is 1.17 bits per heavy atom. The summed E-state index contributed by atoms with van der Waals surface area (Å²) in [6, 6.07) is 12.1. The second-order valence-corrected chi connectivity index (χ2v) is 5.76. The molecule has 0 bridgehead atoms. The smallest absolute Gasteiger partial charge is 0.161 e. The molecule has 4 heteroatoms. The predicted molar refractivity (Wildman–Crippen MR) is 93.2 cm³/mol. The minimum atomic E-state index is -0.280. The van der Waals surface area contributed by atoms with Crippen LogP contribution in [-0.4, -0.2) is 17.0 Å². The highest BCUT2D eigenvalue weighted by atomic mass is 19.1. The van der Waals surface area contributed by atoms with Crippen LogP contribution < -0.4 is 4.74 Å². The van der Waals surface area contributed by atoms with E-state index in [-0.39, 0.29) is 11.6 Å². The molecular formula is C20H20FNO2. The van der Waals surface area contributed by atoms with E-state index in [1.807, 2.05) is 18.3 Å². The second kappa shape index (κ2) is 6.87. The van der Waals surface area contributed by atoms with E-state index in [2.05, 4.69) is 17.6 Å². The molecule has 0 unspecified atom stereocenters. The quantitative estimate of drug-likeness (QED) is 0.619. The first-order chi connectivity index (χ1) is 11.6. The molecule has 2 aromatic carbocycles. The maximum Gasteiger partial charge on any atom is 0.161 e. The first-order valence-corrected chi connectivity index (χ1v) is 8.10. The molecule has 0 aliphatic rings. The molecule has 0 fully saturated rings. The maximum absolute atomic E-state index is 12.9. The Balaban J connectivity index is 1.85. The van der Waals surface area contributed by atoms with E-state index in [4.69, 9.17) is 4.74 Å². The van der Waals surface area contributed by atoms with Crippen molar-refractivity contribution in [3.63, 3.8) is 0 Å². The zero-order valence-electron chi connectivity index (χ0n) is 13.9. The van der Waals surface area contributed by atoms with Crippen LogP contribution >= 0.6 is 0 Å². The van der Waals surface area contributed by atoms with Gasteiger partial charge in [0.2, 0.25) is 0 Å². The molecule has 0 atom stereocenters. The highest BCUT2D eigenvalue weighted by Crippen LogP contribution is 2.26. The van der Waals surface area contributed by atoms with Gasteiger partial charge in [-0.2, -0.15) is 0 Å². The van der Waals surface area contributed by atoms with Crippen molar-refractivity contribution in [2.45, 2.75) is 26.8 Å². The van der Waals surface area contributed by atoms with Gasteiger partial charge in [0.25, 0.3) is 0 Å². The molecule has 3 nitrogen and oxygen atoms in total. The summed E-state index contributed by atoms with van der Waals surface area (Å²) >= 11 is 0. The number of Topliss-reactive ketones (excluding diaryl/α,β-unsaturated/α-hetero) is 1. The van der Waals surface area contributed by atoms with Gasteiger partial charge in [-0.3, -0.25) is 4.79 Å². The summed E-state index contributed by atoms with van der Waals surface area (Å²) in [6.45, 7) is 4.77. The highest BCUT2D eigenvalue weighted by molar-refractivity contribution is 6.07. The fourth-order valence-electron chi connectivity index (χ4n) is 2.97. The summed E-state index contributed by atoms with van der Waals surface area (Å²) in [6.07, 6.45) is 2.80. The van der Waals surface area contributed by atoms with E-state index in [0.29, 0.717) is 18.9 Å². The molecule has 0 aliphatic heterocycles. The lowest BCUT2D eigenvalue weighted by molar-refractivity contribution is 0.101. The van der Waals surface area contributed by atoms with Crippen LogP contribution in [0, 0.1) is 5.82 Å². The van der Waals surface area contributed by atoms with Crippen molar-refractivity contribution in [3.8, 4) is 5.75 Å². The summed E-state index contributed by atoms with van der Waals surface area (Å²) < 4.78 is 20.7. The van der Waals surface area contributed by atoms with E-state index in [0.717, 1.165) is 22.9 Å². The first-order valence-electron chi connectivity index (χ1n) is 8.10. The third-order valence-electron chi connectivity index (χ3n) is 4.16. The number of hydrogen-bond donors (Lipinski definition) is 0. The van der Waals surface area contributed by atoms with E-state index in [1.54, 1.807) is 19.1 Å². The zero-order valence-corrected chi connectivity index (χ0v) is 13.9. The average Bonchev–Trinajstić information content (AvgIpc) is 2.96. The monoisotopic (exact) mass is 325 g/mol. The van der Waals surface area contributed by atoms with E-state index in [9.17, 15) is 9.18 Å². The lowest BCUT2D eigenvalue weighted by Gasteiger charge is -2.10. The Hall–Kier alpha value is -2.62. The van der Waals surface area contributed by atoms with Gasteiger partial charge < -0.3 is 9.30 Å². The van der Waals surface area contributed by atoms with E-state index in [1.165, 1.54) is 17.7 Å². The van der Waals surface area contributed by atoms with Gasteiger partial charge in [0, 0.05) is 17.1 Å². The zero-order chi connectivity index (χ0) is 17.1. The number of rotatable bonds is 6. The summed E-state index contributed by atoms with van der Waals surface area (Å²) in [5, 5.41) is 0.989. The van der Waals surface area contributed by atoms with Crippen molar-refractivity contribution in [3.05, 3.63) is 65.6 Å². The molecule has 1 heterocycles. The number of hydrogen-bond acceptors (Lipinski definition) is 2. The van der Waals surface area contributed by atoms with Crippen LogP contribution in [0.25, 0.3) is 10.9 Å². The number of benzene rings is 2. The Morgan fingerprint density at radius 3 is 2.58 bits per heavy atom. The molecule has 0 N–H and O–H groups in total. The average molecular weight is 325 g/mol. The van der Waals surface area contributed by atoms with Crippen LogP contribution in [0.1, 0.15) is 29.8 Å². The maximum atomic E-state index is 12.9. The number of ketones is 1. The molecule has 1 aromatic heterocycles. The SMILES string of the molecule is CCc1cccc2c(C(C)=O)cn(CCOc3ccc(F)cc3)c12. The highest BCUT2D eigenvalue weighted by Gasteiger charge is 2.14. The van der Waals surface area contributed by atoms with Crippen LogP contribution in [0.3, 0.4) is 0 Å². The van der Waals surface area contributed by atoms with Gasteiger partial charge in [0.05, 0.1) is 12.1 Å². The van der Waals surface area contributed by atoms with Crippen LogP contribution in [0.4, 0.5) is 4.39 Å². The topological polar surface area (TPSA) is 31.2 Å². The third-order valence-corrected chi connectivity index (χ3v) is 4.16. The van der Waals surface area contributed by atoms with Crippen molar-refractivity contribution < 1.29 is 13.9 Å². The number of aromatic nitrogens is 1. The third kappa shape index (κ3) is 3.18. The number of fused-ring (bicyclic) bond motifs is 1. The van der Waals surface area contributed by atoms with Crippen molar-refractivity contribution >= 4 is 16.7 Å². The van der Waals surface area contributed by atoms with Crippen LogP contribution in [-0.2, 0) is 13.0 Å². The number of carbonyl (C=O) groups is 1. The molecule has 3 aromatic rings. The second-order valence-electron chi connectivity index (χ2n) is 5.76. The van der Waals surface area contributed by atoms with Gasteiger partial charge in [-0.1, -0.05) is 25.1 Å². The molecule has 3 rings (SSSR count). The van der Waals surface area contributed by atoms with E-state index < -0.39 is 0 Å². The summed E-state index contributed by atoms with van der Waals surface area (Å²) in [4.78, 5) is 11.9. The van der Waals surface area contributed by atoms with Gasteiger partial charge in [-0.15, -0.1) is 0 Å². The predicted octanol–water partition coefficient (Wildman–Crippen LogP) is 4.62. The largest absolute Gasteiger partial charge is 0.492 e. The minimum absolute atomic E-state index is 0.0615. The fraction of sp³-hybridized carbons (Fsp3) is 0.250. The van der Waals surface area contributed by atoms with Crippen molar-refractivity contribution in [1.82, 2.24) is 4.57 Å². The van der Waals surface area contributed by atoms with Crippen LogP contribution in [0.2, 0.25) is 0 Å².